The Morgan fingerprint density at radius 3 is 2.84 bits per heavy atom. The number of aromatic nitrogens is 4. The lowest BCUT2D eigenvalue weighted by molar-refractivity contribution is -0.121. The van der Waals surface area contributed by atoms with Crippen LogP contribution in [0.4, 0.5) is 0 Å². The predicted molar refractivity (Wildman–Crippen MR) is 95.2 cm³/mol. The first kappa shape index (κ1) is 16.8. The van der Waals surface area contributed by atoms with Crippen LogP contribution in [0.1, 0.15) is 28.8 Å². The second-order valence-corrected chi connectivity index (χ2v) is 6.06. The molecule has 0 aliphatic rings. The number of nitrogens with one attached hydrogen (secondary N) is 1. The van der Waals surface area contributed by atoms with Gasteiger partial charge in [0.2, 0.25) is 5.91 Å². The topological polar surface area (TPSA) is 72.7 Å². The predicted octanol–water partition coefficient (Wildman–Crippen LogP) is 2.53. The molecule has 0 aliphatic heterocycles. The van der Waals surface area contributed by atoms with Gasteiger partial charge in [-0.2, -0.15) is 0 Å². The minimum Gasteiger partial charge on any atom is -0.350 e. The molecule has 128 valence electrons. The van der Waals surface area contributed by atoms with Crippen LogP contribution in [0.3, 0.4) is 0 Å². The zero-order valence-corrected chi connectivity index (χ0v) is 14.4. The van der Waals surface area contributed by atoms with Gasteiger partial charge in [0, 0.05) is 12.6 Å². The summed E-state index contributed by atoms with van der Waals surface area (Å²) in [4.78, 5) is 16.1. The molecule has 0 aliphatic carbocycles. The average Bonchev–Trinajstić information content (AvgIpc) is 3.11. The van der Waals surface area contributed by atoms with E-state index in [-0.39, 0.29) is 5.91 Å². The maximum absolute atomic E-state index is 12.0. The summed E-state index contributed by atoms with van der Waals surface area (Å²) in [5, 5.41) is 11.0. The second-order valence-electron chi connectivity index (χ2n) is 6.06. The van der Waals surface area contributed by atoms with Crippen LogP contribution in [-0.2, 0) is 17.8 Å². The van der Waals surface area contributed by atoms with Gasteiger partial charge in [-0.05, 0) is 49.1 Å². The first-order valence-corrected chi connectivity index (χ1v) is 8.26. The molecule has 0 unspecified atom stereocenters. The Morgan fingerprint density at radius 2 is 2.08 bits per heavy atom. The summed E-state index contributed by atoms with van der Waals surface area (Å²) >= 11 is 0. The van der Waals surface area contributed by atoms with Crippen molar-refractivity contribution >= 4 is 5.91 Å². The molecule has 3 aromatic rings. The fourth-order valence-corrected chi connectivity index (χ4v) is 2.49. The van der Waals surface area contributed by atoms with Crippen molar-refractivity contribution in [1.29, 1.82) is 0 Å². The summed E-state index contributed by atoms with van der Waals surface area (Å²) in [6, 6.07) is 10.1. The highest BCUT2D eigenvalue weighted by Gasteiger charge is 2.06. The number of nitrogens with zero attached hydrogens (tertiary/aromatic N) is 4. The Morgan fingerprint density at radius 1 is 1.20 bits per heavy atom. The molecule has 1 amide bonds. The van der Waals surface area contributed by atoms with Crippen molar-refractivity contribution in [2.75, 3.05) is 0 Å². The highest BCUT2D eigenvalue weighted by molar-refractivity contribution is 5.76. The van der Waals surface area contributed by atoms with E-state index in [0.29, 0.717) is 18.7 Å². The highest BCUT2D eigenvalue weighted by Crippen LogP contribution is 2.11. The lowest BCUT2D eigenvalue weighted by Crippen LogP contribution is -2.23. The molecular formula is C19H21N5O. The Labute approximate surface area is 146 Å². The number of aryl methyl sites for hydroxylation is 3. The zero-order chi connectivity index (χ0) is 17.6. The van der Waals surface area contributed by atoms with Gasteiger partial charge in [0.25, 0.3) is 0 Å². The van der Waals surface area contributed by atoms with Crippen LogP contribution in [0.25, 0.3) is 5.69 Å². The van der Waals surface area contributed by atoms with E-state index in [0.717, 1.165) is 12.1 Å². The maximum atomic E-state index is 12.0. The summed E-state index contributed by atoms with van der Waals surface area (Å²) in [5.41, 5.74) is 5.25. The molecule has 1 aromatic carbocycles. The van der Waals surface area contributed by atoms with Gasteiger partial charge in [-0.15, -0.1) is 5.10 Å². The Kier molecular flexibility index (Phi) is 5.18. The van der Waals surface area contributed by atoms with Crippen molar-refractivity contribution < 1.29 is 4.79 Å². The fourth-order valence-electron chi connectivity index (χ4n) is 2.49. The molecule has 0 fully saturated rings. The number of hydrogen-bond acceptors (Lipinski definition) is 4. The van der Waals surface area contributed by atoms with Crippen molar-refractivity contribution in [3.8, 4) is 5.69 Å². The van der Waals surface area contributed by atoms with E-state index >= 15 is 0 Å². The van der Waals surface area contributed by atoms with Crippen LogP contribution in [0.5, 0.6) is 0 Å². The quantitative estimate of drug-likeness (QED) is 0.751. The van der Waals surface area contributed by atoms with Gasteiger partial charge in [0.1, 0.15) is 5.69 Å². The SMILES string of the molecule is Cc1ccc(CCC(=O)NCc2cn(-c3cccnc3)nn2)cc1C. The van der Waals surface area contributed by atoms with E-state index in [2.05, 4.69) is 52.7 Å². The molecule has 2 aromatic heterocycles. The molecule has 0 saturated carbocycles. The van der Waals surface area contributed by atoms with E-state index in [9.17, 15) is 4.79 Å². The summed E-state index contributed by atoms with van der Waals surface area (Å²) in [6.45, 7) is 4.54. The maximum Gasteiger partial charge on any atom is 0.220 e. The van der Waals surface area contributed by atoms with Crippen LogP contribution < -0.4 is 5.32 Å². The van der Waals surface area contributed by atoms with Crippen molar-refractivity contribution in [2.24, 2.45) is 0 Å². The minimum absolute atomic E-state index is 0.00848. The normalized spacial score (nSPS) is 10.6. The molecule has 25 heavy (non-hydrogen) atoms. The second kappa shape index (κ2) is 7.70. The molecule has 2 heterocycles. The highest BCUT2D eigenvalue weighted by atomic mass is 16.1. The minimum atomic E-state index is 0.00848. The lowest BCUT2D eigenvalue weighted by Gasteiger charge is -2.06. The summed E-state index contributed by atoms with van der Waals surface area (Å²) in [5.74, 6) is 0.00848. The van der Waals surface area contributed by atoms with Crippen molar-refractivity contribution in [2.45, 2.75) is 33.2 Å². The number of benzene rings is 1. The van der Waals surface area contributed by atoms with Gasteiger partial charge < -0.3 is 5.32 Å². The molecule has 0 atom stereocenters. The van der Waals surface area contributed by atoms with Gasteiger partial charge in [0.15, 0.2) is 0 Å². The van der Waals surface area contributed by atoms with E-state index in [1.165, 1.54) is 16.7 Å². The molecule has 1 N–H and O–H groups in total. The third-order valence-corrected chi connectivity index (χ3v) is 4.13. The smallest absolute Gasteiger partial charge is 0.220 e. The monoisotopic (exact) mass is 335 g/mol. The van der Waals surface area contributed by atoms with Crippen molar-refractivity contribution in [3.05, 3.63) is 71.3 Å². The molecule has 0 radical (unpaired) electrons. The van der Waals surface area contributed by atoms with Crippen LogP contribution in [0.2, 0.25) is 0 Å². The first-order valence-electron chi connectivity index (χ1n) is 8.26. The summed E-state index contributed by atoms with van der Waals surface area (Å²) in [7, 11) is 0. The molecule has 0 bridgehead atoms. The number of hydrogen-bond donors (Lipinski definition) is 1. The van der Waals surface area contributed by atoms with Crippen molar-refractivity contribution in [1.82, 2.24) is 25.3 Å². The van der Waals surface area contributed by atoms with Gasteiger partial charge in [-0.3, -0.25) is 9.78 Å². The molecule has 6 heteroatoms. The average molecular weight is 335 g/mol. The molecule has 0 saturated heterocycles. The van der Waals surface area contributed by atoms with Crippen molar-refractivity contribution in [3.63, 3.8) is 0 Å². The molecular weight excluding hydrogens is 314 g/mol. The van der Waals surface area contributed by atoms with Gasteiger partial charge in [0.05, 0.1) is 24.6 Å². The Hall–Kier alpha value is -3.02. The summed E-state index contributed by atoms with van der Waals surface area (Å²) in [6.07, 6.45) is 6.40. The van der Waals surface area contributed by atoms with E-state index in [4.69, 9.17) is 0 Å². The number of pyridine rings is 1. The first-order chi connectivity index (χ1) is 12.1. The largest absolute Gasteiger partial charge is 0.350 e. The molecule has 6 nitrogen and oxygen atoms in total. The van der Waals surface area contributed by atoms with Gasteiger partial charge in [-0.25, -0.2) is 4.68 Å². The zero-order valence-electron chi connectivity index (χ0n) is 14.4. The van der Waals surface area contributed by atoms with Crippen LogP contribution in [0, 0.1) is 13.8 Å². The third kappa shape index (κ3) is 4.50. The number of carbonyl (C=O) groups is 1. The van der Waals surface area contributed by atoms with Crippen LogP contribution >= 0.6 is 0 Å². The third-order valence-electron chi connectivity index (χ3n) is 4.13. The lowest BCUT2D eigenvalue weighted by atomic mass is 10.0. The van der Waals surface area contributed by atoms with Crippen LogP contribution in [0.15, 0.2) is 48.9 Å². The number of amides is 1. The van der Waals surface area contributed by atoms with E-state index < -0.39 is 0 Å². The number of rotatable bonds is 6. The van der Waals surface area contributed by atoms with E-state index in [1.54, 1.807) is 23.3 Å². The molecule has 3 rings (SSSR count). The standard InChI is InChI=1S/C19H21N5O/c1-14-5-6-16(10-15(14)2)7-8-19(25)21-11-17-13-24(23-22-17)18-4-3-9-20-12-18/h3-6,9-10,12-13H,7-8,11H2,1-2H3,(H,21,25). The van der Waals surface area contributed by atoms with Crippen LogP contribution in [-0.4, -0.2) is 25.9 Å². The fraction of sp³-hybridized carbons (Fsp3) is 0.263. The Balaban J connectivity index is 1.49. The van der Waals surface area contributed by atoms with Gasteiger partial charge in [-0.1, -0.05) is 23.4 Å². The van der Waals surface area contributed by atoms with Gasteiger partial charge >= 0.3 is 0 Å². The Bertz CT molecular complexity index is 857. The number of carbonyl (C=O) groups excluding carboxylic acids is 1. The molecule has 0 spiro atoms. The summed E-state index contributed by atoms with van der Waals surface area (Å²) < 4.78 is 1.64. The van der Waals surface area contributed by atoms with E-state index in [1.807, 2.05) is 12.1 Å².